The molecule has 0 aromatic heterocycles. The van der Waals surface area contributed by atoms with Gasteiger partial charge in [0.1, 0.15) is 0 Å². The molecule has 3 rings (SSSR count). The lowest BCUT2D eigenvalue weighted by Crippen LogP contribution is -2.22. The van der Waals surface area contributed by atoms with Crippen LogP contribution < -0.4 is 0 Å². The third-order valence-electron chi connectivity index (χ3n) is 5.30. The summed E-state index contributed by atoms with van der Waals surface area (Å²) in [5.41, 5.74) is 1.93. The Bertz CT molecular complexity index is 656. The first kappa shape index (κ1) is 16.9. The number of carbonyl (C=O) groups excluding carboxylic acids is 3. The summed E-state index contributed by atoms with van der Waals surface area (Å²) < 4.78 is 9.81. The SMILES string of the molecule is CCCC1C2=C(CCC3=C(CC1CC)C(=O)OC3O)C(=O)OC2=O. The number of rotatable bonds is 3. The fourth-order valence-corrected chi connectivity index (χ4v) is 4.08. The van der Waals surface area contributed by atoms with Crippen molar-refractivity contribution in [3.63, 3.8) is 0 Å². The van der Waals surface area contributed by atoms with E-state index in [1.165, 1.54) is 0 Å². The maximum atomic E-state index is 12.3. The lowest BCUT2D eigenvalue weighted by atomic mass is 9.76. The molecule has 130 valence electrons. The summed E-state index contributed by atoms with van der Waals surface area (Å²) in [6.07, 6.45) is 2.17. The van der Waals surface area contributed by atoms with Gasteiger partial charge in [0.15, 0.2) is 0 Å². The van der Waals surface area contributed by atoms with Crippen molar-refractivity contribution in [2.24, 2.45) is 11.8 Å². The van der Waals surface area contributed by atoms with Crippen molar-refractivity contribution in [1.29, 1.82) is 0 Å². The van der Waals surface area contributed by atoms with Crippen LogP contribution in [0.25, 0.3) is 0 Å². The highest BCUT2D eigenvalue weighted by Gasteiger charge is 2.43. The van der Waals surface area contributed by atoms with E-state index >= 15 is 0 Å². The molecule has 3 atom stereocenters. The van der Waals surface area contributed by atoms with Gasteiger partial charge in [0, 0.05) is 16.7 Å². The second kappa shape index (κ2) is 6.51. The van der Waals surface area contributed by atoms with Crippen LogP contribution in [0, 0.1) is 11.8 Å². The van der Waals surface area contributed by atoms with E-state index in [1.54, 1.807) is 0 Å². The van der Waals surface area contributed by atoms with Gasteiger partial charge < -0.3 is 14.6 Å². The molecule has 0 radical (unpaired) electrons. The van der Waals surface area contributed by atoms with Gasteiger partial charge in [0.2, 0.25) is 6.29 Å². The molecule has 1 N–H and O–H groups in total. The molecular formula is C18H22O6. The Labute approximate surface area is 140 Å². The Hall–Kier alpha value is -1.95. The molecular weight excluding hydrogens is 312 g/mol. The normalized spacial score (nSPS) is 30.5. The topological polar surface area (TPSA) is 89.9 Å². The first-order chi connectivity index (χ1) is 11.5. The lowest BCUT2D eigenvalue weighted by molar-refractivity contribution is -0.153. The molecule has 6 heteroatoms. The van der Waals surface area contributed by atoms with Crippen LogP contribution in [0.15, 0.2) is 22.3 Å². The standard InChI is InChI=1S/C18H22O6/c1-3-5-10-9(4-2)8-13-11(15(19)23-17(13)21)6-7-12-14(10)18(22)24-16(12)20/h9-10,15,19H,3-8H2,1-2H3. The van der Waals surface area contributed by atoms with Crippen LogP contribution in [0.5, 0.6) is 0 Å². The summed E-state index contributed by atoms with van der Waals surface area (Å²) in [4.78, 5) is 36.4. The number of carbonyl (C=O) groups is 3. The van der Waals surface area contributed by atoms with E-state index in [0.717, 1.165) is 19.3 Å². The summed E-state index contributed by atoms with van der Waals surface area (Å²) in [6, 6.07) is 0. The summed E-state index contributed by atoms with van der Waals surface area (Å²) in [5, 5.41) is 9.99. The van der Waals surface area contributed by atoms with Crippen molar-refractivity contribution in [3.8, 4) is 0 Å². The first-order valence-corrected chi connectivity index (χ1v) is 8.58. The molecule has 2 aliphatic heterocycles. The summed E-state index contributed by atoms with van der Waals surface area (Å²) >= 11 is 0. The summed E-state index contributed by atoms with van der Waals surface area (Å²) in [7, 11) is 0. The Kier molecular flexibility index (Phi) is 4.58. The smallest absolute Gasteiger partial charge is 0.342 e. The average molecular weight is 334 g/mol. The number of hydrogen-bond donors (Lipinski definition) is 1. The second-order valence-corrected chi connectivity index (χ2v) is 6.60. The largest absolute Gasteiger partial charge is 0.428 e. The van der Waals surface area contributed by atoms with E-state index < -0.39 is 24.2 Å². The van der Waals surface area contributed by atoms with Gasteiger partial charge in [-0.15, -0.1) is 0 Å². The predicted molar refractivity (Wildman–Crippen MR) is 83.3 cm³/mol. The van der Waals surface area contributed by atoms with Crippen molar-refractivity contribution in [1.82, 2.24) is 0 Å². The molecule has 3 unspecified atom stereocenters. The summed E-state index contributed by atoms with van der Waals surface area (Å²) in [6.45, 7) is 4.03. The fraction of sp³-hybridized carbons (Fsp3) is 0.611. The van der Waals surface area contributed by atoms with Gasteiger partial charge in [-0.1, -0.05) is 26.7 Å². The molecule has 24 heavy (non-hydrogen) atoms. The molecule has 1 aliphatic carbocycles. The van der Waals surface area contributed by atoms with Gasteiger partial charge in [-0.05, 0) is 37.5 Å². The van der Waals surface area contributed by atoms with Gasteiger partial charge in [-0.25, -0.2) is 14.4 Å². The van der Waals surface area contributed by atoms with E-state index in [0.29, 0.717) is 35.1 Å². The zero-order valence-electron chi connectivity index (χ0n) is 14.0. The fourth-order valence-electron chi connectivity index (χ4n) is 4.08. The van der Waals surface area contributed by atoms with Crippen LogP contribution in [0.3, 0.4) is 0 Å². The van der Waals surface area contributed by atoms with Crippen LogP contribution in [-0.4, -0.2) is 29.3 Å². The summed E-state index contributed by atoms with van der Waals surface area (Å²) in [5.74, 6) is -1.71. The molecule has 0 saturated carbocycles. The molecule has 0 saturated heterocycles. The molecule has 0 aromatic carbocycles. The number of ether oxygens (including phenoxy) is 2. The number of aliphatic hydroxyl groups excluding tert-OH is 1. The monoisotopic (exact) mass is 334 g/mol. The highest BCUT2D eigenvalue weighted by atomic mass is 16.6. The van der Waals surface area contributed by atoms with Crippen molar-refractivity contribution in [3.05, 3.63) is 22.3 Å². The molecule has 0 spiro atoms. The van der Waals surface area contributed by atoms with Gasteiger partial charge in [-0.3, -0.25) is 0 Å². The van der Waals surface area contributed by atoms with Crippen molar-refractivity contribution < 1.29 is 29.0 Å². The van der Waals surface area contributed by atoms with E-state index in [1.807, 2.05) is 13.8 Å². The second-order valence-electron chi connectivity index (χ2n) is 6.60. The van der Waals surface area contributed by atoms with Crippen molar-refractivity contribution in [2.45, 2.75) is 58.7 Å². The van der Waals surface area contributed by atoms with Gasteiger partial charge >= 0.3 is 17.9 Å². The molecule has 3 aliphatic rings. The molecule has 0 aromatic rings. The maximum absolute atomic E-state index is 12.3. The maximum Gasteiger partial charge on any atom is 0.342 e. The van der Waals surface area contributed by atoms with Crippen LogP contribution in [0.2, 0.25) is 0 Å². The Morgan fingerprint density at radius 3 is 2.46 bits per heavy atom. The van der Waals surface area contributed by atoms with E-state index in [-0.39, 0.29) is 18.3 Å². The number of esters is 3. The highest BCUT2D eigenvalue weighted by Crippen LogP contribution is 2.43. The third kappa shape index (κ3) is 2.69. The predicted octanol–water partition coefficient (Wildman–Crippen LogP) is 2.16. The average Bonchev–Trinajstić information content (AvgIpc) is 2.98. The highest BCUT2D eigenvalue weighted by molar-refractivity contribution is 6.12. The van der Waals surface area contributed by atoms with Gasteiger partial charge in [-0.2, -0.15) is 0 Å². The number of aliphatic hydroxyl groups is 1. The molecule has 0 bridgehead atoms. The van der Waals surface area contributed by atoms with Crippen LogP contribution in [0.1, 0.15) is 52.4 Å². The van der Waals surface area contributed by atoms with E-state index in [2.05, 4.69) is 0 Å². The van der Waals surface area contributed by atoms with E-state index in [4.69, 9.17) is 9.47 Å². The number of cyclic esters (lactones) is 3. The van der Waals surface area contributed by atoms with Crippen LogP contribution >= 0.6 is 0 Å². The molecule has 0 amide bonds. The Morgan fingerprint density at radius 1 is 1.04 bits per heavy atom. The Balaban J connectivity index is 2.08. The minimum Gasteiger partial charge on any atom is -0.428 e. The van der Waals surface area contributed by atoms with Gasteiger partial charge in [0.05, 0.1) is 5.57 Å². The van der Waals surface area contributed by atoms with Gasteiger partial charge in [0.25, 0.3) is 0 Å². The quantitative estimate of drug-likeness (QED) is 0.628. The van der Waals surface area contributed by atoms with Crippen molar-refractivity contribution >= 4 is 17.9 Å². The minimum atomic E-state index is -1.25. The zero-order chi connectivity index (χ0) is 17.4. The van der Waals surface area contributed by atoms with Crippen molar-refractivity contribution in [2.75, 3.05) is 0 Å². The van der Waals surface area contributed by atoms with Crippen LogP contribution in [-0.2, 0) is 23.9 Å². The lowest BCUT2D eigenvalue weighted by Gasteiger charge is -2.26. The first-order valence-electron chi connectivity index (χ1n) is 8.58. The zero-order valence-corrected chi connectivity index (χ0v) is 14.0. The Morgan fingerprint density at radius 2 is 1.79 bits per heavy atom. The molecule has 0 fully saturated rings. The number of hydrogen-bond acceptors (Lipinski definition) is 6. The van der Waals surface area contributed by atoms with E-state index in [9.17, 15) is 19.5 Å². The minimum absolute atomic E-state index is 0.0225. The van der Waals surface area contributed by atoms with Crippen LogP contribution in [0.4, 0.5) is 0 Å². The molecule has 6 nitrogen and oxygen atoms in total. The molecule has 2 heterocycles. The third-order valence-corrected chi connectivity index (χ3v) is 5.30.